The zero-order valence-electron chi connectivity index (χ0n) is 16.9. The molecule has 2 aromatic heterocycles. The van der Waals surface area contributed by atoms with E-state index in [0.29, 0.717) is 5.56 Å². The lowest BCUT2D eigenvalue weighted by Crippen LogP contribution is -2.46. The number of nitrogens with zero attached hydrogens (tertiary/aromatic N) is 6. The van der Waals surface area contributed by atoms with Crippen LogP contribution < -0.4 is 15.5 Å². The van der Waals surface area contributed by atoms with Gasteiger partial charge >= 0.3 is 18.4 Å². The molecule has 0 aliphatic rings. The molecule has 184 valence electrons. The van der Waals surface area contributed by atoms with Crippen LogP contribution in [0.3, 0.4) is 0 Å². The lowest BCUT2D eigenvalue weighted by atomic mass is 10.3. The van der Waals surface area contributed by atoms with Gasteiger partial charge in [0.2, 0.25) is 5.95 Å². The Morgan fingerprint density at radius 3 is 2.23 bits per heavy atom. The van der Waals surface area contributed by atoms with Gasteiger partial charge < -0.3 is 10.1 Å². The summed E-state index contributed by atoms with van der Waals surface area (Å²) in [6.07, 6.45) is -11.7. The Hall–Kier alpha value is -4.57. The first-order valence-electron chi connectivity index (χ1n) is 9.18. The van der Waals surface area contributed by atoms with E-state index in [4.69, 9.17) is 0 Å². The summed E-state index contributed by atoms with van der Waals surface area (Å²) in [5.74, 6) is -1.10. The Balaban J connectivity index is 1.91. The van der Waals surface area contributed by atoms with Gasteiger partial charge in [0, 0.05) is 35.8 Å². The fourth-order valence-electron chi connectivity index (χ4n) is 2.35. The molecule has 0 saturated carbocycles. The predicted molar refractivity (Wildman–Crippen MR) is 108 cm³/mol. The Morgan fingerprint density at radius 2 is 1.66 bits per heavy atom. The molecule has 1 aromatic carbocycles. The molecule has 3 rings (SSSR count). The van der Waals surface area contributed by atoms with E-state index in [2.05, 4.69) is 40.5 Å². The number of anilines is 3. The average molecular weight is 502 g/mol. The fraction of sp³-hybridized carbons (Fsp3) is 0.167. The zero-order valence-corrected chi connectivity index (χ0v) is 16.9. The largest absolute Gasteiger partial charge is 0.440 e. The smallest absolute Gasteiger partial charge is 0.434 e. The van der Waals surface area contributed by atoms with Gasteiger partial charge in [0.25, 0.3) is 17.7 Å². The first-order valence-corrected chi connectivity index (χ1v) is 9.18. The second-order valence-corrected chi connectivity index (χ2v) is 6.43. The molecule has 0 radical (unpaired) electrons. The third kappa shape index (κ3) is 7.21. The van der Waals surface area contributed by atoms with Crippen molar-refractivity contribution in [3.63, 3.8) is 0 Å². The van der Waals surface area contributed by atoms with E-state index in [0.717, 1.165) is 12.1 Å². The summed E-state index contributed by atoms with van der Waals surface area (Å²) in [6, 6.07) is 6.51. The van der Waals surface area contributed by atoms with Crippen LogP contribution >= 0.6 is 0 Å². The van der Waals surface area contributed by atoms with Crippen molar-refractivity contribution < 1.29 is 36.0 Å². The maximum absolute atomic E-state index is 12.9. The molecule has 2 heterocycles. The highest BCUT2D eigenvalue weighted by Crippen LogP contribution is 2.36. The van der Waals surface area contributed by atoms with Crippen LogP contribution in [-0.2, 0) is 0 Å². The van der Waals surface area contributed by atoms with E-state index >= 15 is 0 Å². The molecule has 0 amide bonds. The van der Waals surface area contributed by atoms with Crippen molar-refractivity contribution in [3.05, 3.63) is 64.5 Å². The molecule has 0 aliphatic carbocycles. The molecule has 17 heteroatoms. The van der Waals surface area contributed by atoms with E-state index in [1.54, 1.807) is 12.1 Å². The second-order valence-electron chi connectivity index (χ2n) is 6.43. The van der Waals surface area contributed by atoms with Crippen LogP contribution in [-0.4, -0.2) is 49.5 Å². The van der Waals surface area contributed by atoms with Crippen molar-refractivity contribution in [1.82, 2.24) is 19.9 Å². The summed E-state index contributed by atoms with van der Waals surface area (Å²) >= 11 is 0. The predicted octanol–water partition coefficient (Wildman–Crippen LogP) is 4.24. The van der Waals surface area contributed by atoms with Crippen molar-refractivity contribution in [2.24, 2.45) is 5.10 Å². The molecule has 2 N–H and O–H groups in total. The zero-order chi connectivity index (χ0) is 25.6. The standard InChI is InChI=1S/C18H12F6N8O3/c19-17(20,21)13(18(22,23)24)35-16-29-14(27-11-3-5-12(6-4-11)32(33)34)28-15(30-16)31-26-9-10-2-1-7-25-8-10/h1-9,13H,(H2,27,28,29,30,31)/b26-9+. The number of hydrogen-bond acceptors (Lipinski definition) is 10. The molecule has 0 bridgehead atoms. The van der Waals surface area contributed by atoms with Crippen molar-refractivity contribution >= 4 is 29.5 Å². The van der Waals surface area contributed by atoms with Gasteiger partial charge in [0.15, 0.2) is 0 Å². The van der Waals surface area contributed by atoms with Gasteiger partial charge in [-0.3, -0.25) is 15.1 Å². The molecule has 0 saturated heterocycles. The van der Waals surface area contributed by atoms with Crippen LogP contribution in [0.1, 0.15) is 5.56 Å². The lowest BCUT2D eigenvalue weighted by molar-refractivity contribution is -0.384. The van der Waals surface area contributed by atoms with Gasteiger partial charge in [-0.15, -0.1) is 0 Å². The first-order chi connectivity index (χ1) is 16.4. The Bertz CT molecular complexity index is 1180. The van der Waals surface area contributed by atoms with Gasteiger partial charge in [0.05, 0.1) is 11.1 Å². The van der Waals surface area contributed by atoms with E-state index in [1.165, 1.54) is 30.7 Å². The molecule has 35 heavy (non-hydrogen) atoms. The van der Waals surface area contributed by atoms with Crippen molar-refractivity contribution in [2.45, 2.75) is 18.5 Å². The molecule has 11 nitrogen and oxygen atoms in total. The van der Waals surface area contributed by atoms with Crippen LogP contribution in [0.4, 0.5) is 49.6 Å². The number of hydrazone groups is 1. The number of nitrogens with one attached hydrogen (secondary N) is 2. The first kappa shape index (κ1) is 25.1. The molecule has 3 aromatic rings. The number of alkyl halides is 6. The summed E-state index contributed by atoms with van der Waals surface area (Å²) in [5.41, 5.74) is 2.61. The third-order valence-electron chi connectivity index (χ3n) is 3.83. The quantitative estimate of drug-likeness (QED) is 0.200. The number of ether oxygens (including phenoxy) is 1. The minimum atomic E-state index is -5.82. The number of benzene rings is 1. The number of pyridine rings is 1. The summed E-state index contributed by atoms with van der Waals surface area (Å²) in [4.78, 5) is 24.5. The summed E-state index contributed by atoms with van der Waals surface area (Å²) in [5, 5.41) is 17.0. The third-order valence-corrected chi connectivity index (χ3v) is 3.83. The van der Waals surface area contributed by atoms with E-state index in [9.17, 15) is 36.5 Å². The lowest BCUT2D eigenvalue weighted by Gasteiger charge is -2.22. The van der Waals surface area contributed by atoms with Crippen molar-refractivity contribution in [2.75, 3.05) is 10.7 Å². The molecular weight excluding hydrogens is 490 g/mol. The monoisotopic (exact) mass is 502 g/mol. The van der Waals surface area contributed by atoms with E-state index in [-0.39, 0.29) is 11.4 Å². The van der Waals surface area contributed by atoms with Crippen molar-refractivity contribution in [1.29, 1.82) is 0 Å². The number of halogens is 6. The van der Waals surface area contributed by atoms with Crippen LogP contribution in [0.5, 0.6) is 6.01 Å². The van der Waals surface area contributed by atoms with Gasteiger partial charge in [-0.05, 0) is 18.2 Å². The van der Waals surface area contributed by atoms with E-state index in [1.807, 2.05) is 0 Å². The maximum atomic E-state index is 12.9. The normalized spacial score (nSPS) is 12.1. The molecule has 0 atom stereocenters. The highest BCUT2D eigenvalue weighted by atomic mass is 19.4. The Labute approximate surface area is 191 Å². The maximum Gasteiger partial charge on any atom is 0.434 e. The van der Waals surface area contributed by atoms with Gasteiger partial charge in [-0.1, -0.05) is 6.07 Å². The van der Waals surface area contributed by atoms with Gasteiger partial charge in [0.1, 0.15) is 0 Å². The molecule has 0 unspecified atom stereocenters. The number of hydrogen-bond donors (Lipinski definition) is 2. The Morgan fingerprint density at radius 1 is 1.00 bits per heavy atom. The molecule has 0 fully saturated rings. The molecule has 0 spiro atoms. The highest BCUT2D eigenvalue weighted by Gasteiger charge is 2.59. The van der Waals surface area contributed by atoms with Crippen LogP contribution in [0.2, 0.25) is 0 Å². The van der Waals surface area contributed by atoms with Gasteiger partial charge in [-0.25, -0.2) is 5.43 Å². The van der Waals surface area contributed by atoms with Gasteiger partial charge in [-0.2, -0.15) is 46.4 Å². The summed E-state index contributed by atoms with van der Waals surface area (Å²) in [7, 11) is 0. The molecule has 0 aliphatic heterocycles. The number of rotatable bonds is 8. The second kappa shape index (κ2) is 10.1. The average Bonchev–Trinajstić information content (AvgIpc) is 2.77. The number of nitro benzene ring substituents is 1. The number of nitro groups is 1. The summed E-state index contributed by atoms with van der Waals surface area (Å²) in [6.45, 7) is 0. The summed E-state index contributed by atoms with van der Waals surface area (Å²) < 4.78 is 81.5. The topological polar surface area (TPSA) is 140 Å². The Kier molecular flexibility index (Phi) is 7.26. The number of non-ortho nitro benzene ring substituents is 1. The van der Waals surface area contributed by atoms with Crippen LogP contribution in [0.15, 0.2) is 53.9 Å². The fourth-order valence-corrected chi connectivity index (χ4v) is 2.35. The SMILES string of the molecule is O=[N+]([O-])c1ccc(Nc2nc(N/N=C/c3cccnc3)nc(OC(C(F)(F)F)C(F)(F)F)n2)cc1. The van der Waals surface area contributed by atoms with Crippen LogP contribution in [0.25, 0.3) is 0 Å². The highest BCUT2D eigenvalue weighted by molar-refractivity contribution is 5.79. The molecular formula is C18H12F6N8O3. The number of aromatic nitrogens is 4. The minimum absolute atomic E-state index is 0.126. The van der Waals surface area contributed by atoms with Crippen LogP contribution in [0, 0.1) is 10.1 Å². The van der Waals surface area contributed by atoms with Crippen molar-refractivity contribution in [3.8, 4) is 6.01 Å². The minimum Gasteiger partial charge on any atom is -0.440 e. The van der Waals surface area contributed by atoms with E-state index < -0.39 is 41.3 Å².